The van der Waals surface area contributed by atoms with Gasteiger partial charge in [0.15, 0.2) is 0 Å². The highest BCUT2D eigenvalue weighted by atomic mass is 16.5. The molecule has 2 amide bonds. The molecule has 0 aromatic rings. The number of carbonyl (C=O) groups is 2. The molecule has 0 saturated carbocycles. The van der Waals surface area contributed by atoms with Crippen LogP contribution in [0.2, 0.25) is 0 Å². The second-order valence-electron chi connectivity index (χ2n) is 3.91. The van der Waals surface area contributed by atoms with Crippen molar-refractivity contribution in [3.63, 3.8) is 0 Å². The van der Waals surface area contributed by atoms with Crippen LogP contribution in [-0.2, 0) is 14.3 Å². The Morgan fingerprint density at radius 3 is 2.82 bits per heavy atom. The summed E-state index contributed by atoms with van der Waals surface area (Å²) in [6, 6.07) is 0. The van der Waals surface area contributed by atoms with Crippen LogP contribution in [0.5, 0.6) is 0 Å². The van der Waals surface area contributed by atoms with E-state index in [9.17, 15) is 9.59 Å². The van der Waals surface area contributed by atoms with Crippen LogP contribution < -0.4 is 10.8 Å². The molecule has 6 nitrogen and oxygen atoms in total. The summed E-state index contributed by atoms with van der Waals surface area (Å²) in [6.45, 7) is 1.02. The highest BCUT2D eigenvalue weighted by molar-refractivity contribution is 5.80. The predicted molar refractivity (Wildman–Crippen MR) is 60.0 cm³/mol. The lowest BCUT2D eigenvalue weighted by molar-refractivity contribution is -0.129. The van der Waals surface area contributed by atoms with Crippen molar-refractivity contribution in [2.24, 2.45) is 5.92 Å². The first-order chi connectivity index (χ1) is 8.24. The van der Waals surface area contributed by atoms with Crippen molar-refractivity contribution < 1.29 is 19.5 Å². The fourth-order valence-electron chi connectivity index (χ4n) is 1.51. The largest absolute Gasteiger partial charge is 0.500 e. The Morgan fingerprint density at radius 1 is 1.35 bits per heavy atom. The van der Waals surface area contributed by atoms with Crippen LogP contribution in [0, 0.1) is 5.92 Å². The minimum absolute atomic E-state index is 0.0214. The van der Waals surface area contributed by atoms with Crippen LogP contribution in [0.4, 0.5) is 0 Å². The van der Waals surface area contributed by atoms with Crippen molar-refractivity contribution in [2.45, 2.75) is 25.7 Å². The number of nitrogens with one attached hydrogen (secondary N) is 2. The van der Waals surface area contributed by atoms with Gasteiger partial charge in [0, 0.05) is 13.0 Å². The number of unbranched alkanes of at least 4 members (excludes halogenated alkanes) is 2. The minimum atomic E-state index is -0.373. The molecule has 96 valence electrons. The SMILES string of the molecule is O=C(CCCCCNC(=O)C1C=COC1)NO. The molecule has 3 N–H and O–H groups in total. The average molecular weight is 242 g/mol. The van der Waals surface area contributed by atoms with E-state index in [0.717, 1.165) is 12.8 Å². The highest BCUT2D eigenvalue weighted by Gasteiger charge is 2.18. The Bertz CT molecular complexity index is 291. The van der Waals surface area contributed by atoms with Gasteiger partial charge >= 0.3 is 0 Å². The zero-order valence-corrected chi connectivity index (χ0v) is 9.65. The number of amides is 2. The number of carbonyl (C=O) groups excluding carboxylic acids is 2. The van der Waals surface area contributed by atoms with Gasteiger partial charge in [-0.1, -0.05) is 6.42 Å². The van der Waals surface area contributed by atoms with Crippen LogP contribution >= 0.6 is 0 Å². The zero-order valence-electron chi connectivity index (χ0n) is 9.65. The Morgan fingerprint density at radius 2 is 2.18 bits per heavy atom. The zero-order chi connectivity index (χ0) is 12.5. The second kappa shape index (κ2) is 7.67. The highest BCUT2D eigenvalue weighted by Crippen LogP contribution is 2.08. The summed E-state index contributed by atoms with van der Waals surface area (Å²) in [5.74, 6) is -0.565. The van der Waals surface area contributed by atoms with E-state index in [1.165, 1.54) is 6.26 Å². The molecule has 0 saturated heterocycles. The maximum absolute atomic E-state index is 11.5. The Labute approximate surface area is 100.0 Å². The van der Waals surface area contributed by atoms with Gasteiger partial charge in [-0.3, -0.25) is 14.8 Å². The summed E-state index contributed by atoms with van der Waals surface area (Å²) in [5.41, 5.74) is 1.58. The molecule has 6 heteroatoms. The van der Waals surface area contributed by atoms with E-state index >= 15 is 0 Å². The lowest BCUT2D eigenvalue weighted by Crippen LogP contribution is -2.31. The van der Waals surface area contributed by atoms with Gasteiger partial charge in [-0.05, 0) is 18.9 Å². The molecular weight excluding hydrogens is 224 g/mol. The number of rotatable bonds is 7. The number of ether oxygens (including phenoxy) is 1. The lowest BCUT2D eigenvalue weighted by Gasteiger charge is -2.08. The molecule has 0 aromatic carbocycles. The van der Waals surface area contributed by atoms with Gasteiger partial charge in [0.25, 0.3) is 0 Å². The number of hydrogen-bond donors (Lipinski definition) is 3. The van der Waals surface area contributed by atoms with Gasteiger partial charge in [-0.25, -0.2) is 5.48 Å². The van der Waals surface area contributed by atoms with E-state index in [1.54, 1.807) is 11.6 Å². The quantitative estimate of drug-likeness (QED) is 0.341. The van der Waals surface area contributed by atoms with E-state index in [2.05, 4.69) is 5.32 Å². The molecule has 0 radical (unpaired) electrons. The molecule has 17 heavy (non-hydrogen) atoms. The molecule has 0 aliphatic carbocycles. The Balaban J connectivity index is 1.95. The van der Waals surface area contributed by atoms with Gasteiger partial charge in [-0.15, -0.1) is 0 Å². The van der Waals surface area contributed by atoms with E-state index in [0.29, 0.717) is 26.0 Å². The molecule has 0 bridgehead atoms. The van der Waals surface area contributed by atoms with Gasteiger partial charge < -0.3 is 10.1 Å². The molecule has 1 aliphatic rings. The van der Waals surface area contributed by atoms with Crippen LogP contribution in [0.1, 0.15) is 25.7 Å². The summed E-state index contributed by atoms with van der Waals surface area (Å²) in [4.78, 5) is 22.2. The molecule has 1 rings (SSSR count). The van der Waals surface area contributed by atoms with Crippen molar-refractivity contribution >= 4 is 11.8 Å². The standard InChI is InChI=1S/C11H18N2O4/c14-10(13-16)4-2-1-3-6-12-11(15)9-5-7-17-8-9/h5,7,9,16H,1-4,6,8H2,(H,12,15)(H,13,14). The maximum Gasteiger partial charge on any atom is 0.243 e. The van der Waals surface area contributed by atoms with E-state index < -0.39 is 0 Å². The third kappa shape index (κ3) is 5.35. The first-order valence-electron chi connectivity index (χ1n) is 5.73. The van der Waals surface area contributed by atoms with Gasteiger partial charge in [0.05, 0.1) is 12.2 Å². The van der Waals surface area contributed by atoms with E-state index in [1.807, 2.05) is 0 Å². The smallest absolute Gasteiger partial charge is 0.243 e. The van der Waals surface area contributed by atoms with E-state index in [4.69, 9.17) is 9.94 Å². The summed E-state index contributed by atoms with van der Waals surface area (Å²) in [7, 11) is 0. The molecule has 1 heterocycles. The van der Waals surface area contributed by atoms with E-state index in [-0.39, 0.29) is 17.7 Å². The molecule has 0 spiro atoms. The fourth-order valence-corrected chi connectivity index (χ4v) is 1.51. The molecule has 1 aliphatic heterocycles. The first kappa shape index (κ1) is 13.5. The maximum atomic E-state index is 11.5. The second-order valence-corrected chi connectivity index (χ2v) is 3.91. The molecule has 1 unspecified atom stereocenters. The van der Waals surface area contributed by atoms with Crippen molar-refractivity contribution in [3.05, 3.63) is 12.3 Å². The monoisotopic (exact) mass is 242 g/mol. The first-order valence-corrected chi connectivity index (χ1v) is 5.73. The topological polar surface area (TPSA) is 87.7 Å². The third-order valence-corrected chi connectivity index (χ3v) is 2.52. The van der Waals surface area contributed by atoms with Crippen LogP contribution in [-0.4, -0.2) is 30.2 Å². The van der Waals surface area contributed by atoms with Crippen LogP contribution in [0.3, 0.4) is 0 Å². The molecular formula is C11H18N2O4. The van der Waals surface area contributed by atoms with Gasteiger partial charge in [0.2, 0.25) is 11.8 Å². The predicted octanol–water partition coefficient (Wildman–Crippen LogP) is 0.328. The number of hydrogen-bond acceptors (Lipinski definition) is 4. The van der Waals surface area contributed by atoms with Crippen molar-refractivity contribution in [1.82, 2.24) is 10.8 Å². The third-order valence-electron chi connectivity index (χ3n) is 2.52. The van der Waals surface area contributed by atoms with Crippen molar-refractivity contribution in [1.29, 1.82) is 0 Å². The average Bonchev–Trinajstić information content (AvgIpc) is 2.86. The Hall–Kier alpha value is -1.56. The normalized spacial score (nSPS) is 17.6. The van der Waals surface area contributed by atoms with Crippen molar-refractivity contribution in [2.75, 3.05) is 13.2 Å². The summed E-state index contributed by atoms with van der Waals surface area (Å²) in [6.07, 6.45) is 5.95. The summed E-state index contributed by atoms with van der Waals surface area (Å²) >= 11 is 0. The van der Waals surface area contributed by atoms with Crippen molar-refractivity contribution in [3.8, 4) is 0 Å². The van der Waals surface area contributed by atoms with Crippen LogP contribution in [0.15, 0.2) is 12.3 Å². The molecule has 0 fully saturated rings. The molecule has 1 atom stereocenters. The van der Waals surface area contributed by atoms with Gasteiger partial charge in [0.1, 0.15) is 6.61 Å². The van der Waals surface area contributed by atoms with Crippen LogP contribution in [0.25, 0.3) is 0 Å². The fraction of sp³-hybridized carbons (Fsp3) is 0.636. The summed E-state index contributed by atoms with van der Waals surface area (Å²) in [5, 5.41) is 11.1. The van der Waals surface area contributed by atoms with Gasteiger partial charge in [-0.2, -0.15) is 0 Å². The molecule has 0 aromatic heterocycles. The minimum Gasteiger partial charge on any atom is -0.500 e. The Kier molecular flexibility index (Phi) is 6.09. The summed E-state index contributed by atoms with van der Waals surface area (Å²) < 4.78 is 4.95. The lowest BCUT2D eigenvalue weighted by atomic mass is 10.1. The number of hydroxylamine groups is 1.